The molecule has 5 rings (SSSR count). The highest BCUT2D eigenvalue weighted by atomic mass is 35.5. The molecule has 3 N–H and O–H groups in total. The number of phenolic OH excluding ortho intramolecular Hbond substituents is 1. The summed E-state index contributed by atoms with van der Waals surface area (Å²) >= 11 is 9.83. The highest BCUT2D eigenvalue weighted by molar-refractivity contribution is 7.80. The van der Waals surface area contributed by atoms with Crippen LogP contribution in [-0.4, -0.2) is 46.6 Å². The molecule has 2 aliphatic carbocycles. The number of H-pyrrole nitrogens is 1. The quantitative estimate of drug-likeness (QED) is 0.302. The number of anilines is 1. The van der Waals surface area contributed by atoms with Crippen molar-refractivity contribution >= 4 is 46.1 Å². The van der Waals surface area contributed by atoms with E-state index in [9.17, 15) is 37.0 Å². The Morgan fingerprint density at radius 2 is 1.88 bits per heavy atom. The second-order valence-electron chi connectivity index (χ2n) is 9.50. The van der Waals surface area contributed by atoms with Crippen molar-refractivity contribution in [2.45, 2.75) is 44.2 Å². The molecule has 1 heterocycles. The molecular weight excluding hydrogens is 611 g/mol. The van der Waals surface area contributed by atoms with Crippen LogP contribution in [0.4, 0.5) is 14.5 Å². The number of aromatic nitrogens is 3. The topological polar surface area (TPSA) is 170 Å². The third kappa shape index (κ3) is 6.07. The number of halogens is 4. The van der Waals surface area contributed by atoms with Crippen molar-refractivity contribution < 1.29 is 32.2 Å². The van der Waals surface area contributed by atoms with Crippen LogP contribution in [0.15, 0.2) is 39.9 Å². The number of benzene rings is 2. The maximum atomic E-state index is 13.1. The van der Waals surface area contributed by atoms with E-state index < -0.39 is 40.7 Å². The average molecular weight is 631 g/mol. The van der Waals surface area contributed by atoms with E-state index in [2.05, 4.69) is 10.4 Å². The van der Waals surface area contributed by atoms with Gasteiger partial charge in [-0.15, -0.1) is 0 Å². The van der Waals surface area contributed by atoms with E-state index in [4.69, 9.17) is 27.9 Å². The number of hydrogen-bond donors (Lipinski definition) is 3. The molecule has 3 aromatic rings. The minimum atomic E-state index is -3.25. The molecule has 218 valence electrons. The Bertz CT molecular complexity index is 1640. The number of amides is 1. The van der Waals surface area contributed by atoms with Crippen LogP contribution < -0.4 is 25.6 Å². The van der Waals surface area contributed by atoms with Gasteiger partial charge in [0.15, 0.2) is 11.4 Å². The number of phenols is 1. The van der Waals surface area contributed by atoms with Gasteiger partial charge in [0.05, 0.1) is 21.4 Å². The molecule has 2 fully saturated rings. The molecule has 0 saturated heterocycles. The molecule has 0 aliphatic heterocycles. The Morgan fingerprint density at radius 3 is 2.46 bits per heavy atom. The summed E-state index contributed by atoms with van der Waals surface area (Å²) < 4.78 is 57.8. The third-order valence-corrected chi connectivity index (χ3v) is 7.97. The largest absolute Gasteiger partial charge is 0.755 e. The van der Waals surface area contributed by atoms with Crippen LogP contribution in [0.25, 0.3) is 5.69 Å². The lowest BCUT2D eigenvalue weighted by Gasteiger charge is -2.44. The second kappa shape index (κ2) is 11.4. The Hall–Kier alpha value is -3.53. The Labute approximate surface area is 242 Å². The number of carbonyl (C=O) groups is 1. The van der Waals surface area contributed by atoms with Crippen molar-refractivity contribution in [1.82, 2.24) is 20.1 Å². The second-order valence-corrected chi connectivity index (χ2v) is 11.1. The lowest BCUT2D eigenvalue weighted by molar-refractivity contribution is -0.123. The van der Waals surface area contributed by atoms with E-state index in [0.29, 0.717) is 17.5 Å². The molecule has 1 aromatic heterocycles. The van der Waals surface area contributed by atoms with Crippen LogP contribution in [-0.2, 0) is 16.1 Å². The number of alkyl halides is 2. The number of aromatic amines is 1. The van der Waals surface area contributed by atoms with Crippen molar-refractivity contribution in [2.75, 3.05) is 4.31 Å². The van der Waals surface area contributed by atoms with E-state index >= 15 is 0 Å². The molecule has 1 unspecified atom stereocenters. The first-order chi connectivity index (χ1) is 19.4. The SMILES string of the molecule is O=C(NC1CC(N(c2cc(Oc3c(Cl)cc(-n4nc(C(F)F)c(=O)[nH]c4=O)cc3Cl)ccc2O)S(=O)[O-])C1)C1CC1. The molecule has 1 amide bonds. The molecule has 2 saturated carbocycles. The molecule has 41 heavy (non-hydrogen) atoms. The van der Waals surface area contributed by atoms with Gasteiger partial charge in [-0.05, 0) is 49.9 Å². The van der Waals surface area contributed by atoms with Crippen molar-refractivity contribution in [3.8, 4) is 22.9 Å². The van der Waals surface area contributed by atoms with Gasteiger partial charge in [0.25, 0.3) is 12.0 Å². The molecule has 17 heteroatoms. The number of nitrogens with zero attached hydrogens (tertiary/aromatic N) is 3. The lowest BCUT2D eigenvalue weighted by Crippen LogP contribution is -2.54. The van der Waals surface area contributed by atoms with Crippen molar-refractivity contribution in [3.63, 3.8) is 0 Å². The molecule has 12 nitrogen and oxygen atoms in total. The van der Waals surface area contributed by atoms with Crippen LogP contribution in [0, 0.1) is 5.92 Å². The number of hydrogen-bond acceptors (Lipinski definition) is 8. The van der Waals surface area contributed by atoms with E-state index in [1.54, 1.807) is 4.98 Å². The van der Waals surface area contributed by atoms with Crippen LogP contribution in [0.5, 0.6) is 17.2 Å². The minimum absolute atomic E-state index is 0.0217. The molecule has 0 spiro atoms. The fraction of sp³-hybridized carbons (Fsp3) is 0.333. The van der Waals surface area contributed by atoms with Gasteiger partial charge in [0.2, 0.25) is 5.91 Å². The Morgan fingerprint density at radius 1 is 1.22 bits per heavy atom. The summed E-state index contributed by atoms with van der Waals surface area (Å²) in [5.41, 5.74) is -3.87. The summed E-state index contributed by atoms with van der Waals surface area (Å²) in [5.74, 6) is -0.480. The van der Waals surface area contributed by atoms with Gasteiger partial charge in [0.1, 0.15) is 11.5 Å². The van der Waals surface area contributed by atoms with Crippen LogP contribution in [0.2, 0.25) is 10.0 Å². The smallest absolute Gasteiger partial charge is 0.349 e. The summed E-state index contributed by atoms with van der Waals surface area (Å²) in [6, 6.07) is 5.36. The zero-order valence-electron chi connectivity index (χ0n) is 20.7. The lowest BCUT2D eigenvalue weighted by atomic mass is 9.86. The maximum absolute atomic E-state index is 13.1. The van der Waals surface area contributed by atoms with Crippen LogP contribution >= 0.6 is 23.2 Å². The summed E-state index contributed by atoms with van der Waals surface area (Å²) in [5, 5.41) is 16.4. The molecule has 2 aliphatic rings. The highest BCUT2D eigenvalue weighted by Crippen LogP contribution is 2.42. The van der Waals surface area contributed by atoms with Crippen LogP contribution in [0.1, 0.15) is 37.8 Å². The number of rotatable bonds is 9. The standard InChI is InChI=1S/C24H21Cl2F2N5O7S/c25-15-7-12(32-24(37)30-23(36)19(31-32)21(27)28)8-16(26)20(15)40-14-3-4-18(34)17(9-14)33(41(38)39)13-5-11(6-13)29-22(35)10-1-2-10/h3-4,7-11,13,21,34H,1-2,5-6H2,(H,29,35)(H,38,39)(H,30,36,37)/p-1. The van der Waals surface area contributed by atoms with Gasteiger partial charge in [-0.2, -0.15) is 9.78 Å². The summed E-state index contributed by atoms with van der Waals surface area (Å²) in [6.07, 6.45) is -0.863. The van der Waals surface area contributed by atoms with Crippen LogP contribution in [0.3, 0.4) is 0 Å². The molecule has 0 radical (unpaired) electrons. The first kappa shape index (κ1) is 29.0. The van der Waals surface area contributed by atoms with Gasteiger partial charge in [-0.25, -0.2) is 13.6 Å². The minimum Gasteiger partial charge on any atom is -0.755 e. The van der Waals surface area contributed by atoms with Crippen molar-refractivity contribution in [1.29, 1.82) is 0 Å². The van der Waals surface area contributed by atoms with E-state index in [-0.39, 0.29) is 56.5 Å². The van der Waals surface area contributed by atoms with Gasteiger partial charge in [-0.3, -0.25) is 23.1 Å². The van der Waals surface area contributed by atoms with Crippen molar-refractivity contribution in [3.05, 3.63) is 66.9 Å². The fourth-order valence-corrected chi connectivity index (χ4v) is 5.59. The van der Waals surface area contributed by atoms with E-state index in [1.807, 2.05) is 0 Å². The number of aromatic hydroxyl groups is 1. The monoisotopic (exact) mass is 630 g/mol. The predicted molar refractivity (Wildman–Crippen MR) is 143 cm³/mol. The maximum Gasteiger partial charge on any atom is 0.349 e. The van der Waals surface area contributed by atoms with E-state index in [1.165, 1.54) is 18.2 Å². The first-order valence-electron chi connectivity index (χ1n) is 12.1. The number of nitrogens with one attached hydrogen (secondary N) is 2. The average Bonchev–Trinajstić information content (AvgIpc) is 3.71. The van der Waals surface area contributed by atoms with Gasteiger partial charge < -0.3 is 19.7 Å². The molecule has 1 atom stereocenters. The number of carbonyl (C=O) groups excluding carboxylic acids is 1. The molecule has 0 bridgehead atoms. The van der Waals surface area contributed by atoms with E-state index in [0.717, 1.165) is 29.3 Å². The van der Waals surface area contributed by atoms with Crippen molar-refractivity contribution in [2.24, 2.45) is 5.92 Å². The summed E-state index contributed by atoms with van der Waals surface area (Å²) in [6.45, 7) is 0. The van der Waals surface area contributed by atoms with Gasteiger partial charge >= 0.3 is 5.69 Å². The summed E-state index contributed by atoms with van der Waals surface area (Å²) in [7, 11) is 0. The number of ether oxygens (including phenoxy) is 1. The Kier molecular flexibility index (Phi) is 8.05. The summed E-state index contributed by atoms with van der Waals surface area (Å²) in [4.78, 5) is 37.5. The first-order valence-corrected chi connectivity index (χ1v) is 13.9. The highest BCUT2D eigenvalue weighted by Gasteiger charge is 2.39. The zero-order valence-corrected chi connectivity index (χ0v) is 23.0. The predicted octanol–water partition coefficient (Wildman–Crippen LogP) is 3.32. The molecule has 2 aromatic carbocycles. The zero-order chi connectivity index (χ0) is 29.6. The normalized spacial score (nSPS) is 19.0. The Balaban J connectivity index is 1.38. The fourth-order valence-electron chi connectivity index (χ4n) is 4.32. The van der Waals surface area contributed by atoms with Gasteiger partial charge in [-0.1, -0.05) is 23.2 Å². The van der Waals surface area contributed by atoms with Gasteiger partial charge in [0, 0.05) is 35.3 Å². The third-order valence-electron chi connectivity index (χ3n) is 6.59. The molecular formula is C24H20Cl2F2N5O7S-.